The Morgan fingerprint density at radius 3 is 2.40 bits per heavy atom. The van der Waals surface area contributed by atoms with Crippen LogP contribution in [0.2, 0.25) is 0 Å². The standard InChI is InChI=1S/C14H22BrN5/c1-5-11-10(9-19(3)17-11)7-16-8-13-14(15)12(6-2)18-20(13)4/h9,16H,5-8H2,1-4H3. The van der Waals surface area contributed by atoms with Crippen LogP contribution in [0.4, 0.5) is 0 Å². The maximum atomic E-state index is 4.51. The summed E-state index contributed by atoms with van der Waals surface area (Å²) in [5.41, 5.74) is 4.73. The normalized spacial score (nSPS) is 11.2. The number of aryl methyl sites for hydroxylation is 4. The smallest absolute Gasteiger partial charge is 0.0767 e. The minimum absolute atomic E-state index is 0.794. The largest absolute Gasteiger partial charge is 0.307 e. The maximum Gasteiger partial charge on any atom is 0.0767 e. The highest BCUT2D eigenvalue weighted by molar-refractivity contribution is 9.10. The molecule has 0 spiro atoms. The fraction of sp³-hybridized carbons (Fsp3) is 0.571. The van der Waals surface area contributed by atoms with Crippen molar-refractivity contribution in [3.05, 3.63) is 33.3 Å². The lowest BCUT2D eigenvalue weighted by molar-refractivity contribution is 0.620. The van der Waals surface area contributed by atoms with Crippen molar-refractivity contribution in [1.29, 1.82) is 0 Å². The van der Waals surface area contributed by atoms with Crippen LogP contribution in [0.3, 0.4) is 0 Å². The van der Waals surface area contributed by atoms with Gasteiger partial charge in [0.05, 0.1) is 21.6 Å². The monoisotopic (exact) mass is 339 g/mol. The van der Waals surface area contributed by atoms with Crippen LogP contribution in [-0.4, -0.2) is 19.6 Å². The second-order valence-corrected chi connectivity index (χ2v) is 5.71. The van der Waals surface area contributed by atoms with E-state index in [-0.39, 0.29) is 0 Å². The van der Waals surface area contributed by atoms with Crippen LogP contribution in [0, 0.1) is 0 Å². The van der Waals surface area contributed by atoms with Crippen molar-refractivity contribution in [1.82, 2.24) is 24.9 Å². The molecule has 0 aliphatic heterocycles. The van der Waals surface area contributed by atoms with E-state index in [1.165, 1.54) is 17.0 Å². The third-order valence-electron chi connectivity index (χ3n) is 3.44. The highest BCUT2D eigenvalue weighted by Gasteiger charge is 2.12. The van der Waals surface area contributed by atoms with E-state index in [9.17, 15) is 0 Å². The molecule has 0 radical (unpaired) electrons. The molecule has 20 heavy (non-hydrogen) atoms. The van der Waals surface area contributed by atoms with Crippen LogP contribution in [0.25, 0.3) is 0 Å². The van der Waals surface area contributed by atoms with Gasteiger partial charge in [-0.05, 0) is 28.8 Å². The summed E-state index contributed by atoms with van der Waals surface area (Å²) < 4.78 is 4.95. The third-order valence-corrected chi connectivity index (χ3v) is 4.35. The predicted octanol–water partition coefficient (Wildman–Crippen LogP) is 2.33. The summed E-state index contributed by atoms with van der Waals surface area (Å²) in [6.07, 6.45) is 3.99. The topological polar surface area (TPSA) is 47.7 Å². The van der Waals surface area contributed by atoms with E-state index in [1.807, 2.05) is 23.5 Å². The molecule has 110 valence electrons. The molecule has 0 saturated carbocycles. The first-order valence-electron chi connectivity index (χ1n) is 6.99. The average molecular weight is 340 g/mol. The van der Waals surface area contributed by atoms with Gasteiger partial charge in [-0.25, -0.2) is 0 Å². The minimum Gasteiger partial charge on any atom is -0.307 e. The first-order valence-corrected chi connectivity index (χ1v) is 7.78. The first-order chi connectivity index (χ1) is 9.56. The minimum atomic E-state index is 0.794. The van der Waals surface area contributed by atoms with E-state index in [1.54, 1.807) is 0 Å². The second-order valence-electron chi connectivity index (χ2n) is 4.92. The van der Waals surface area contributed by atoms with Crippen LogP contribution in [-0.2, 0) is 40.0 Å². The number of aromatic nitrogens is 4. The second kappa shape index (κ2) is 6.54. The van der Waals surface area contributed by atoms with Crippen molar-refractivity contribution >= 4 is 15.9 Å². The molecular weight excluding hydrogens is 318 g/mol. The molecule has 0 aliphatic carbocycles. The van der Waals surface area contributed by atoms with Crippen LogP contribution in [0.15, 0.2) is 10.7 Å². The highest BCUT2D eigenvalue weighted by atomic mass is 79.9. The molecule has 0 aromatic carbocycles. The number of hydrogen-bond acceptors (Lipinski definition) is 3. The van der Waals surface area contributed by atoms with Crippen LogP contribution in [0.1, 0.15) is 36.5 Å². The number of halogens is 1. The van der Waals surface area contributed by atoms with E-state index >= 15 is 0 Å². The van der Waals surface area contributed by atoms with Crippen LogP contribution < -0.4 is 5.32 Å². The van der Waals surface area contributed by atoms with Gasteiger partial charge in [-0.2, -0.15) is 10.2 Å². The van der Waals surface area contributed by atoms with Crippen molar-refractivity contribution in [2.75, 3.05) is 0 Å². The number of hydrogen-bond donors (Lipinski definition) is 1. The average Bonchev–Trinajstić information content (AvgIpc) is 2.92. The Balaban J connectivity index is 2.01. The Hall–Kier alpha value is -1.14. The van der Waals surface area contributed by atoms with E-state index in [2.05, 4.69) is 51.5 Å². The molecule has 2 aromatic heterocycles. The van der Waals surface area contributed by atoms with E-state index in [4.69, 9.17) is 0 Å². The van der Waals surface area contributed by atoms with E-state index in [0.29, 0.717) is 0 Å². The SMILES string of the molecule is CCc1nn(C)cc1CNCc1c(Br)c(CC)nn1C. The summed E-state index contributed by atoms with van der Waals surface area (Å²) in [4.78, 5) is 0. The van der Waals surface area contributed by atoms with E-state index in [0.717, 1.165) is 36.1 Å². The van der Waals surface area contributed by atoms with Gasteiger partial charge < -0.3 is 5.32 Å². The molecule has 0 unspecified atom stereocenters. The lowest BCUT2D eigenvalue weighted by Crippen LogP contribution is -2.16. The lowest BCUT2D eigenvalue weighted by Gasteiger charge is -2.06. The molecule has 2 aromatic rings. The summed E-state index contributed by atoms with van der Waals surface area (Å²) in [5.74, 6) is 0. The first kappa shape index (κ1) is 15.3. The molecule has 0 aliphatic rings. The maximum absolute atomic E-state index is 4.51. The van der Waals surface area contributed by atoms with E-state index < -0.39 is 0 Å². The Morgan fingerprint density at radius 2 is 1.80 bits per heavy atom. The third kappa shape index (κ3) is 3.12. The van der Waals surface area contributed by atoms with Crippen molar-refractivity contribution in [2.45, 2.75) is 39.8 Å². The molecule has 0 bridgehead atoms. The van der Waals surface area contributed by atoms with Gasteiger partial charge in [-0.3, -0.25) is 9.36 Å². The van der Waals surface area contributed by atoms with Crippen molar-refractivity contribution < 1.29 is 0 Å². The summed E-state index contributed by atoms with van der Waals surface area (Å²) >= 11 is 3.64. The van der Waals surface area contributed by atoms with Gasteiger partial charge in [0.2, 0.25) is 0 Å². The van der Waals surface area contributed by atoms with Gasteiger partial charge in [0.15, 0.2) is 0 Å². The zero-order chi connectivity index (χ0) is 14.7. The molecule has 1 N–H and O–H groups in total. The number of nitrogens with zero attached hydrogens (tertiary/aromatic N) is 4. The Kier molecular flexibility index (Phi) is 4.99. The Morgan fingerprint density at radius 1 is 1.10 bits per heavy atom. The van der Waals surface area contributed by atoms with Gasteiger partial charge in [0.1, 0.15) is 0 Å². The Labute approximate surface area is 128 Å². The summed E-state index contributed by atoms with van der Waals surface area (Å²) in [6.45, 7) is 5.88. The fourth-order valence-electron chi connectivity index (χ4n) is 2.36. The summed E-state index contributed by atoms with van der Waals surface area (Å²) in [5, 5.41) is 12.4. The number of nitrogens with one attached hydrogen (secondary N) is 1. The fourth-order valence-corrected chi connectivity index (χ4v) is 3.11. The Bertz CT molecular complexity index is 585. The zero-order valence-electron chi connectivity index (χ0n) is 12.6. The molecule has 2 rings (SSSR count). The summed E-state index contributed by atoms with van der Waals surface area (Å²) in [7, 11) is 3.95. The molecule has 0 amide bonds. The highest BCUT2D eigenvalue weighted by Crippen LogP contribution is 2.21. The predicted molar refractivity (Wildman–Crippen MR) is 83.4 cm³/mol. The van der Waals surface area contributed by atoms with Gasteiger partial charge in [-0.1, -0.05) is 13.8 Å². The molecule has 6 heteroatoms. The van der Waals surface area contributed by atoms with Gasteiger partial charge in [0.25, 0.3) is 0 Å². The summed E-state index contributed by atoms with van der Waals surface area (Å²) in [6, 6.07) is 0. The number of rotatable bonds is 6. The van der Waals surface area contributed by atoms with Crippen molar-refractivity contribution in [2.24, 2.45) is 14.1 Å². The quantitative estimate of drug-likeness (QED) is 0.878. The van der Waals surface area contributed by atoms with Gasteiger partial charge in [0, 0.05) is 38.9 Å². The van der Waals surface area contributed by atoms with Crippen molar-refractivity contribution in [3.63, 3.8) is 0 Å². The van der Waals surface area contributed by atoms with Crippen LogP contribution in [0.5, 0.6) is 0 Å². The molecule has 0 fully saturated rings. The van der Waals surface area contributed by atoms with Crippen LogP contribution >= 0.6 is 15.9 Å². The van der Waals surface area contributed by atoms with Crippen molar-refractivity contribution in [3.8, 4) is 0 Å². The molecule has 2 heterocycles. The molecule has 0 saturated heterocycles. The lowest BCUT2D eigenvalue weighted by atomic mass is 10.2. The molecular formula is C14H22BrN5. The molecule has 5 nitrogen and oxygen atoms in total. The molecule has 0 atom stereocenters. The van der Waals surface area contributed by atoms with Gasteiger partial charge >= 0.3 is 0 Å². The van der Waals surface area contributed by atoms with Gasteiger partial charge in [-0.15, -0.1) is 0 Å². The zero-order valence-corrected chi connectivity index (χ0v) is 14.2.